The molecule has 2 rings (SSSR count). The highest BCUT2D eigenvalue weighted by Gasteiger charge is 2.05. The van der Waals surface area contributed by atoms with E-state index in [1.54, 1.807) is 6.21 Å². The second kappa shape index (κ2) is 8.23. The normalized spacial score (nSPS) is 11.0. The van der Waals surface area contributed by atoms with Crippen molar-refractivity contribution in [2.45, 2.75) is 20.3 Å². The number of aliphatic imine (C=N–C) groups is 1. The molecule has 3 heteroatoms. The van der Waals surface area contributed by atoms with Gasteiger partial charge in [-0.1, -0.05) is 30.3 Å². The van der Waals surface area contributed by atoms with Crippen molar-refractivity contribution in [1.29, 1.82) is 0 Å². The first-order chi connectivity index (χ1) is 10.7. The number of rotatable bonds is 7. The Morgan fingerprint density at radius 1 is 1.05 bits per heavy atom. The van der Waals surface area contributed by atoms with Crippen LogP contribution in [0.5, 0.6) is 5.75 Å². The van der Waals surface area contributed by atoms with Crippen LogP contribution in [0, 0.1) is 0 Å². The molecule has 0 heterocycles. The summed E-state index contributed by atoms with van der Waals surface area (Å²) >= 11 is 0. The fourth-order valence-electron chi connectivity index (χ4n) is 2.43. The molecule has 0 fully saturated rings. The Labute approximate surface area is 132 Å². The Morgan fingerprint density at radius 3 is 2.41 bits per heavy atom. The minimum Gasteiger partial charge on any atom is -0.507 e. The third kappa shape index (κ3) is 4.35. The van der Waals surface area contributed by atoms with Gasteiger partial charge in [0.25, 0.3) is 0 Å². The van der Waals surface area contributed by atoms with Gasteiger partial charge in [0.15, 0.2) is 0 Å². The lowest BCUT2D eigenvalue weighted by Crippen LogP contribution is -2.21. The third-order valence-electron chi connectivity index (χ3n) is 3.75. The van der Waals surface area contributed by atoms with Crippen LogP contribution in [-0.4, -0.2) is 31.0 Å². The summed E-state index contributed by atoms with van der Waals surface area (Å²) in [6.45, 7) is 6.81. The highest BCUT2D eigenvalue weighted by atomic mass is 16.3. The first kappa shape index (κ1) is 16.1. The lowest BCUT2D eigenvalue weighted by atomic mass is 10.1. The number of phenols is 1. The van der Waals surface area contributed by atoms with E-state index in [4.69, 9.17) is 0 Å². The Bertz CT molecular complexity index is 604. The topological polar surface area (TPSA) is 35.8 Å². The first-order valence-electron chi connectivity index (χ1n) is 7.86. The fourth-order valence-corrected chi connectivity index (χ4v) is 2.43. The number of hydrogen-bond acceptors (Lipinski definition) is 3. The number of aromatic hydroxyl groups is 1. The summed E-state index contributed by atoms with van der Waals surface area (Å²) in [6, 6.07) is 16.1. The van der Waals surface area contributed by atoms with Crippen LogP contribution in [0.15, 0.2) is 53.5 Å². The van der Waals surface area contributed by atoms with Gasteiger partial charge in [-0.3, -0.25) is 4.99 Å². The molecule has 1 N–H and O–H groups in total. The smallest absolute Gasteiger partial charge is 0.126 e. The third-order valence-corrected chi connectivity index (χ3v) is 3.75. The molecule has 0 aliphatic carbocycles. The van der Waals surface area contributed by atoms with Crippen LogP contribution in [0.3, 0.4) is 0 Å². The second-order valence-corrected chi connectivity index (χ2v) is 5.19. The lowest BCUT2D eigenvalue weighted by Gasteiger charge is -2.21. The van der Waals surface area contributed by atoms with Gasteiger partial charge < -0.3 is 10.0 Å². The van der Waals surface area contributed by atoms with Crippen LogP contribution >= 0.6 is 0 Å². The standard InChI is InChI=1S/C19H24N2O/c1-3-21(4-2)18-11-10-17(19(22)14-18)15-20-13-12-16-8-6-5-7-9-16/h5-11,14-15,22H,3-4,12-13H2,1-2H3/b20-15+. The molecule has 0 aliphatic rings. The van der Waals surface area contributed by atoms with Crippen LogP contribution in [0.1, 0.15) is 25.0 Å². The van der Waals surface area contributed by atoms with Gasteiger partial charge in [-0.15, -0.1) is 0 Å². The van der Waals surface area contributed by atoms with E-state index >= 15 is 0 Å². The molecule has 0 saturated carbocycles. The van der Waals surface area contributed by atoms with Gasteiger partial charge in [0, 0.05) is 43.2 Å². The molecule has 0 spiro atoms. The summed E-state index contributed by atoms with van der Waals surface area (Å²) < 4.78 is 0. The van der Waals surface area contributed by atoms with Gasteiger partial charge in [0.2, 0.25) is 0 Å². The minimum absolute atomic E-state index is 0.285. The summed E-state index contributed by atoms with van der Waals surface area (Å²) in [4.78, 5) is 6.62. The van der Waals surface area contributed by atoms with Crippen molar-refractivity contribution >= 4 is 11.9 Å². The first-order valence-corrected chi connectivity index (χ1v) is 7.86. The molecule has 2 aromatic carbocycles. The van der Waals surface area contributed by atoms with E-state index in [9.17, 15) is 5.11 Å². The molecule has 2 aromatic rings. The Hall–Kier alpha value is -2.29. The van der Waals surface area contributed by atoms with Crippen molar-refractivity contribution in [2.24, 2.45) is 4.99 Å². The summed E-state index contributed by atoms with van der Waals surface area (Å²) in [7, 11) is 0. The molecule has 0 amide bonds. The second-order valence-electron chi connectivity index (χ2n) is 5.19. The van der Waals surface area contributed by atoms with E-state index in [-0.39, 0.29) is 5.75 Å². The van der Waals surface area contributed by atoms with Crippen molar-refractivity contribution in [3.63, 3.8) is 0 Å². The molecule has 0 aromatic heterocycles. The molecule has 0 bridgehead atoms. The summed E-state index contributed by atoms with van der Waals surface area (Å²) in [6.07, 6.45) is 2.67. The van der Waals surface area contributed by atoms with Gasteiger partial charge in [-0.05, 0) is 38.0 Å². The van der Waals surface area contributed by atoms with Crippen LogP contribution < -0.4 is 4.90 Å². The quantitative estimate of drug-likeness (QED) is 0.787. The molecule has 0 unspecified atom stereocenters. The van der Waals surface area contributed by atoms with Crippen molar-refractivity contribution in [3.05, 3.63) is 59.7 Å². The molecule has 116 valence electrons. The van der Waals surface area contributed by atoms with Gasteiger partial charge >= 0.3 is 0 Å². The van der Waals surface area contributed by atoms with Crippen LogP contribution in [0.25, 0.3) is 0 Å². The van der Waals surface area contributed by atoms with E-state index in [1.165, 1.54) is 5.56 Å². The average Bonchev–Trinajstić information content (AvgIpc) is 2.55. The number of anilines is 1. The van der Waals surface area contributed by atoms with Gasteiger partial charge in [0.05, 0.1) is 0 Å². The lowest BCUT2D eigenvalue weighted by molar-refractivity contribution is 0.474. The summed E-state index contributed by atoms with van der Waals surface area (Å²) in [5, 5.41) is 10.1. The minimum atomic E-state index is 0.285. The highest BCUT2D eigenvalue weighted by molar-refractivity contribution is 5.84. The van der Waals surface area contributed by atoms with Gasteiger partial charge in [0.1, 0.15) is 5.75 Å². The predicted molar refractivity (Wildman–Crippen MR) is 94.3 cm³/mol. The Morgan fingerprint density at radius 2 is 1.77 bits per heavy atom. The largest absolute Gasteiger partial charge is 0.507 e. The van der Waals surface area contributed by atoms with E-state index in [0.717, 1.165) is 37.3 Å². The molecule has 3 nitrogen and oxygen atoms in total. The number of nitrogens with zero attached hydrogens (tertiary/aromatic N) is 2. The van der Waals surface area contributed by atoms with E-state index in [0.29, 0.717) is 0 Å². The molecular weight excluding hydrogens is 272 g/mol. The van der Waals surface area contributed by atoms with Gasteiger partial charge in [-0.25, -0.2) is 0 Å². The molecule has 0 atom stereocenters. The van der Waals surface area contributed by atoms with Crippen molar-refractivity contribution < 1.29 is 5.11 Å². The maximum absolute atomic E-state index is 10.1. The zero-order valence-corrected chi connectivity index (χ0v) is 13.4. The van der Waals surface area contributed by atoms with Crippen LogP contribution in [0.4, 0.5) is 5.69 Å². The Balaban J connectivity index is 1.96. The molecule has 0 radical (unpaired) electrons. The van der Waals surface area contributed by atoms with E-state index in [1.807, 2.05) is 36.4 Å². The van der Waals surface area contributed by atoms with Crippen molar-refractivity contribution in [3.8, 4) is 5.75 Å². The zero-order chi connectivity index (χ0) is 15.8. The predicted octanol–water partition coefficient (Wildman–Crippen LogP) is 3.90. The monoisotopic (exact) mass is 296 g/mol. The van der Waals surface area contributed by atoms with Crippen molar-refractivity contribution in [1.82, 2.24) is 0 Å². The molecule has 0 aliphatic heterocycles. The highest BCUT2D eigenvalue weighted by Crippen LogP contribution is 2.23. The summed E-state index contributed by atoms with van der Waals surface area (Å²) in [5.74, 6) is 0.285. The molecular formula is C19H24N2O. The van der Waals surface area contributed by atoms with E-state index in [2.05, 4.69) is 35.9 Å². The maximum atomic E-state index is 10.1. The van der Waals surface area contributed by atoms with Gasteiger partial charge in [-0.2, -0.15) is 0 Å². The number of hydrogen-bond donors (Lipinski definition) is 1. The maximum Gasteiger partial charge on any atom is 0.126 e. The summed E-state index contributed by atoms with van der Waals surface area (Å²) in [5.41, 5.74) is 3.09. The average molecular weight is 296 g/mol. The van der Waals surface area contributed by atoms with Crippen LogP contribution in [0.2, 0.25) is 0 Å². The number of phenolic OH excluding ortho intramolecular Hbond substituents is 1. The van der Waals surface area contributed by atoms with E-state index < -0.39 is 0 Å². The van der Waals surface area contributed by atoms with Crippen LogP contribution in [-0.2, 0) is 6.42 Å². The Kier molecular flexibility index (Phi) is 6.01. The van der Waals surface area contributed by atoms with Crippen molar-refractivity contribution in [2.75, 3.05) is 24.5 Å². The molecule has 22 heavy (non-hydrogen) atoms. The SMILES string of the molecule is CCN(CC)c1ccc(/C=N/CCc2ccccc2)c(O)c1. The molecule has 0 saturated heterocycles. The fraction of sp³-hybridized carbons (Fsp3) is 0.316. The zero-order valence-electron chi connectivity index (χ0n) is 13.4. The number of benzene rings is 2.